The number of ether oxygens (including phenoxy) is 1. The normalized spacial score (nSPS) is 17.3. The lowest BCUT2D eigenvalue weighted by molar-refractivity contribution is -0.00876. The zero-order chi connectivity index (χ0) is 8.23. The van der Waals surface area contributed by atoms with E-state index in [1.165, 1.54) is 24.8 Å². The Morgan fingerprint density at radius 1 is 1.50 bits per heavy atom. The van der Waals surface area contributed by atoms with E-state index in [-0.39, 0.29) is 0 Å². The molecule has 64 valence electrons. The molecule has 1 saturated carbocycles. The van der Waals surface area contributed by atoms with Crippen molar-refractivity contribution < 1.29 is 4.74 Å². The summed E-state index contributed by atoms with van der Waals surface area (Å²) < 4.78 is 5.62. The van der Waals surface area contributed by atoms with E-state index < -0.39 is 0 Å². The van der Waals surface area contributed by atoms with Gasteiger partial charge in [-0.1, -0.05) is 6.07 Å². The Morgan fingerprint density at radius 3 is 3.00 bits per heavy atom. The van der Waals surface area contributed by atoms with Crippen LogP contribution in [-0.2, 0) is 11.3 Å². The van der Waals surface area contributed by atoms with E-state index in [0.717, 1.165) is 6.61 Å². The van der Waals surface area contributed by atoms with Crippen molar-refractivity contribution in [3.8, 4) is 0 Å². The fraction of sp³-hybridized carbons (Fsp3) is 0.500. The maximum atomic E-state index is 5.62. The lowest BCUT2D eigenvalue weighted by Gasteiger charge is -2.25. The Balaban J connectivity index is 1.79. The van der Waals surface area contributed by atoms with Gasteiger partial charge in [0.2, 0.25) is 0 Å². The van der Waals surface area contributed by atoms with E-state index in [2.05, 4.69) is 4.98 Å². The molecule has 0 N–H and O–H groups in total. The Morgan fingerprint density at radius 2 is 2.42 bits per heavy atom. The predicted molar refractivity (Wildman–Crippen MR) is 46.7 cm³/mol. The number of rotatable bonds is 3. The Kier molecular flexibility index (Phi) is 2.37. The fourth-order valence-electron chi connectivity index (χ4n) is 1.24. The van der Waals surface area contributed by atoms with Gasteiger partial charge >= 0.3 is 0 Å². The van der Waals surface area contributed by atoms with Gasteiger partial charge in [0.25, 0.3) is 0 Å². The van der Waals surface area contributed by atoms with E-state index in [9.17, 15) is 0 Å². The number of pyridine rings is 1. The van der Waals surface area contributed by atoms with Crippen LogP contribution in [0.1, 0.15) is 24.8 Å². The first kappa shape index (κ1) is 7.74. The van der Waals surface area contributed by atoms with Crippen molar-refractivity contribution in [3.05, 3.63) is 30.1 Å². The minimum atomic E-state index is 0.519. The summed E-state index contributed by atoms with van der Waals surface area (Å²) in [5, 5.41) is 0. The molecule has 1 heterocycles. The summed E-state index contributed by atoms with van der Waals surface area (Å²) in [5.41, 5.74) is 1.17. The van der Waals surface area contributed by atoms with Crippen molar-refractivity contribution in [2.45, 2.75) is 32.0 Å². The molecule has 0 bridgehead atoms. The molecule has 0 amide bonds. The molecule has 12 heavy (non-hydrogen) atoms. The van der Waals surface area contributed by atoms with Crippen LogP contribution in [0.15, 0.2) is 24.5 Å². The van der Waals surface area contributed by atoms with Crippen molar-refractivity contribution in [1.82, 2.24) is 4.98 Å². The molecule has 0 saturated heterocycles. The highest BCUT2D eigenvalue weighted by atomic mass is 16.5. The Labute approximate surface area is 72.6 Å². The largest absolute Gasteiger partial charge is 0.373 e. The predicted octanol–water partition coefficient (Wildman–Crippen LogP) is 2.15. The van der Waals surface area contributed by atoms with Gasteiger partial charge in [-0.15, -0.1) is 0 Å². The van der Waals surface area contributed by atoms with E-state index >= 15 is 0 Å². The maximum absolute atomic E-state index is 5.62. The van der Waals surface area contributed by atoms with E-state index in [0.29, 0.717) is 6.10 Å². The van der Waals surface area contributed by atoms with Crippen LogP contribution in [0.4, 0.5) is 0 Å². The van der Waals surface area contributed by atoms with E-state index in [1.54, 1.807) is 6.20 Å². The molecular weight excluding hydrogens is 150 g/mol. The number of aromatic nitrogens is 1. The summed E-state index contributed by atoms with van der Waals surface area (Å²) in [4.78, 5) is 4.03. The average Bonchev–Trinajstić information content (AvgIpc) is 2.04. The highest BCUT2D eigenvalue weighted by Gasteiger charge is 2.17. The second kappa shape index (κ2) is 3.68. The number of hydrogen-bond acceptors (Lipinski definition) is 2. The first-order valence-corrected chi connectivity index (χ1v) is 4.45. The lowest BCUT2D eigenvalue weighted by atomic mass is 9.96. The molecule has 1 aliphatic rings. The van der Waals surface area contributed by atoms with Crippen molar-refractivity contribution in [2.75, 3.05) is 0 Å². The van der Waals surface area contributed by atoms with Gasteiger partial charge in [0.15, 0.2) is 0 Å². The van der Waals surface area contributed by atoms with Gasteiger partial charge in [-0.2, -0.15) is 0 Å². The van der Waals surface area contributed by atoms with Gasteiger partial charge in [0.1, 0.15) is 0 Å². The molecule has 1 aliphatic carbocycles. The second-order valence-electron chi connectivity index (χ2n) is 3.23. The van der Waals surface area contributed by atoms with Gasteiger partial charge < -0.3 is 4.74 Å². The third kappa shape index (κ3) is 1.83. The number of nitrogens with zero attached hydrogens (tertiary/aromatic N) is 1. The quantitative estimate of drug-likeness (QED) is 0.681. The third-order valence-electron chi connectivity index (χ3n) is 2.26. The SMILES string of the molecule is c1cncc(COC2CCC2)c1. The van der Waals surface area contributed by atoms with Crippen molar-refractivity contribution in [3.63, 3.8) is 0 Å². The van der Waals surface area contributed by atoms with Crippen LogP contribution in [-0.4, -0.2) is 11.1 Å². The molecule has 0 aliphatic heterocycles. The first-order chi connectivity index (χ1) is 5.95. The topological polar surface area (TPSA) is 22.1 Å². The van der Waals surface area contributed by atoms with Gasteiger partial charge in [-0.3, -0.25) is 4.98 Å². The Hall–Kier alpha value is -0.890. The van der Waals surface area contributed by atoms with Crippen molar-refractivity contribution in [1.29, 1.82) is 0 Å². The molecule has 2 nitrogen and oxygen atoms in total. The summed E-state index contributed by atoms with van der Waals surface area (Å²) in [5.74, 6) is 0. The molecule has 1 fully saturated rings. The van der Waals surface area contributed by atoms with Gasteiger partial charge in [-0.05, 0) is 30.9 Å². The van der Waals surface area contributed by atoms with Gasteiger partial charge in [-0.25, -0.2) is 0 Å². The van der Waals surface area contributed by atoms with Crippen LogP contribution < -0.4 is 0 Å². The smallest absolute Gasteiger partial charge is 0.0735 e. The molecule has 0 aromatic carbocycles. The minimum Gasteiger partial charge on any atom is -0.373 e. The van der Waals surface area contributed by atoms with Crippen LogP contribution >= 0.6 is 0 Å². The van der Waals surface area contributed by atoms with E-state index in [1.807, 2.05) is 18.3 Å². The summed E-state index contributed by atoms with van der Waals surface area (Å²) in [6.07, 6.45) is 7.97. The minimum absolute atomic E-state index is 0.519. The maximum Gasteiger partial charge on any atom is 0.0735 e. The molecule has 0 unspecified atom stereocenters. The number of hydrogen-bond donors (Lipinski definition) is 0. The zero-order valence-electron chi connectivity index (χ0n) is 7.07. The highest BCUT2D eigenvalue weighted by Crippen LogP contribution is 2.22. The summed E-state index contributed by atoms with van der Waals surface area (Å²) in [6, 6.07) is 3.99. The van der Waals surface area contributed by atoms with Crippen LogP contribution in [0.5, 0.6) is 0 Å². The van der Waals surface area contributed by atoms with Crippen LogP contribution in [0.3, 0.4) is 0 Å². The van der Waals surface area contributed by atoms with E-state index in [4.69, 9.17) is 4.74 Å². The molecule has 1 aromatic heterocycles. The average molecular weight is 163 g/mol. The molecule has 0 atom stereocenters. The fourth-order valence-corrected chi connectivity index (χ4v) is 1.24. The highest BCUT2D eigenvalue weighted by molar-refractivity contribution is 5.06. The standard InChI is InChI=1S/C10H13NO/c1-4-10(5-1)12-8-9-3-2-6-11-7-9/h2-3,6-7,10H,1,4-5,8H2. The van der Waals surface area contributed by atoms with Crippen LogP contribution in [0.2, 0.25) is 0 Å². The van der Waals surface area contributed by atoms with Crippen LogP contribution in [0.25, 0.3) is 0 Å². The second-order valence-corrected chi connectivity index (χ2v) is 3.23. The van der Waals surface area contributed by atoms with Crippen molar-refractivity contribution >= 4 is 0 Å². The third-order valence-corrected chi connectivity index (χ3v) is 2.26. The van der Waals surface area contributed by atoms with Crippen LogP contribution in [0, 0.1) is 0 Å². The van der Waals surface area contributed by atoms with Gasteiger partial charge in [0.05, 0.1) is 12.7 Å². The summed E-state index contributed by atoms with van der Waals surface area (Å²) >= 11 is 0. The summed E-state index contributed by atoms with van der Waals surface area (Å²) in [6.45, 7) is 0.721. The zero-order valence-corrected chi connectivity index (χ0v) is 7.07. The molecular formula is C10H13NO. The molecule has 1 aromatic rings. The molecule has 0 spiro atoms. The lowest BCUT2D eigenvalue weighted by Crippen LogP contribution is -2.21. The Bertz CT molecular complexity index is 231. The monoisotopic (exact) mass is 163 g/mol. The molecule has 2 rings (SSSR count). The first-order valence-electron chi connectivity index (χ1n) is 4.45. The molecule has 2 heteroatoms. The van der Waals surface area contributed by atoms with Crippen molar-refractivity contribution in [2.24, 2.45) is 0 Å². The van der Waals surface area contributed by atoms with Gasteiger partial charge in [0, 0.05) is 12.4 Å². The molecule has 0 radical (unpaired) electrons. The summed E-state index contributed by atoms with van der Waals surface area (Å²) in [7, 11) is 0.